The van der Waals surface area contributed by atoms with Crippen molar-refractivity contribution in [2.24, 2.45) is 0 Å². The first-order valence-corrected chi connectivity index (χ1v) is 5.08. The van der Waals surface area contributed by atoms with Crippen LogP contribution in [0.3, 0.4) is 0 Å². The average molecular weight is 237 g/mol. The molecule has 60 valence electrons. The summed E-state index contributed by atoms with van der Waals surface area (Å²) in [4.78, 5) is 0. The molecule has 0 saturated carbocycles. The van der Waals surface area contributed by atoms with E-state index in [1.54, 1.807) is 0 Å². The number of hydrogen-bond acceptors (Lipinski definition) is 2. The summed E-state index contributed by atoms with van der Waals surface area (Å²) < 4.78 is 8.44. The Hall–Kier alpha value is -0.296. The third-order valence-corrected chi connectivity index (χ3v) is 1.92. The number of rotatable bonds is 2. The van der Waals surface area contributed by atoms with Crippen molar-refractivity contribution in [3.8, 4) is 8.34 Å². The molecule has 1 aromatic carbocycles. The molecule has 0 unspecified atom stereocenters. The zero-order valence-electron chi connectivity index (χ0n) is 7.00. The van der Waals surface area contributed by atoms with Crippen LogP contribution in [0.1, 0.15) is 5.56 Å². The Labute approximate surface area is 91.6 Å². The van der Waals surface area contributed by atoms with Crippen LogP contribution in [-0.4, -0.2) is 6.61 Å². The molecule has 2 nitrogen and oxygen atoms in total. The third-order valence-electron chi connectivity index (χ3n) is 1.51. The van der Waals surface area contributed by atoms with Gasteiger partial charge in [0.2, 0.25) is 0 Å². The predicted molar refractivity (Wildman–Crippen MR) is 45.0 cm³/mol. The molecule has 0 fully saturated rings. The Kier molecular flexibility index (Phi) is 3.80. The van der Waals surface area contributed by atoms with Crippen LogP contribution in [0.5, 0.6) is 5.75 Å². The normalized spacial score (nSPS) is 9.25. The summed E-state index contributed by atoms with van der Waals surface area (Å²) in [7, 11) is 0. The molecule has 0 aliphatic rings. The van der Waals surface area contributed by atoms with Crippen LogP contribution in [0, 0.1) is 9.52 Å². The molecule has 0 bridgehead atoms. The van der Waals surface area contributed by atoms with Gasteiger partial charge < -0.3 is 0 Å². The topological polar surface area (TPSA) is 35.2 Å². The minimum absolute atomic E-state index is 0.576. The molecule has 1 rings (SSSR count). The number of ether oxygens (including phenoxy) is 1. The fourth-order valence-electron chi connectivity index (χ4n) is 0.954. The van der Waals surface area contributed by atoms with Crippen molar-refractivity contribution in [3.63, 3.8) is 0 Å². The van der Waals surface area contributed by atoms with Crippen LogP contribution >= 0.6 is 0 Å². The number of aryl methyl sites for hydroxylation is 1. The van der Waals surface area contributed by atoms with Gasteiger partial charge in [0.25, 0.3) is 0 Å². The Balaban J connectivity index is 2.81. The zero-order chi connectivity index (χ0) is 8.97. The molecule has 12 heavy (non-hydrogen) atoms. The maximum absolute atomic E-state index is 5.59. The molecule has 0 heterocycles. The van der Waals surface area contributed by atoms with Gasteiger partial charge in [0.05, 0.1) is 0 Å². The standard InChI is InChI=1S/C9H10NO.Y/c1-3-11-9-5-4-8(10)6-7(9)2;/h4-6H,3,10H2,2H3;. The molecular weight excluding hydrogens is 227 g/mol. The fraction of sp³-hybridized carbons (Fsp3) is 0.222. The van der Waals surface area contributed by atoms with Crippen molar-refractivity contribution in [2.75, 3.05) is 12.3 Å². The summed E-state index contributed by atoms with van der Waals surface area (Å²) in [5, 5.41) is 0. The van der Waals surface area contributed by atoms with Crippen LogP contribution in [0.25, 0.3) is 0 Å². The number of benzene rings is 1. The van der Waals surface area contributed by atoms with Crippen molar-refractivity contribution in [1.29, 1.82) is 0 Å². The van der Waals surface area contributed by atoms with Crippen LogP contribution < -0.4 is 10.5 Å². The van der Waals surface area contributed by atoms with Crippen molar-refractivity contribution in [2.45, 2.75) is 6.92 Å². The second kappa shape index (κ2) is 4.66. The van der Waals surface area contributed by atoms with Gasteiger partial charge in [-0.25, -0.2) is 0 Å². The van der Waals surface area contributed by atoms with Crippen LogP contribution in [0.15, 0.2) is 18.2 Å². The van der Waals surface area contributed by atoms with Crippen molar-refractivity contribution >= 4 is 5.69 Å². The zero-order valence-corrected chi connectivity index (χ0v) is 9.84. The van der Waals surface area contributed by atoms with E-state index in [1.807, 2.05) is 25.1 Å². The first kappa shape index (κ1) is 9.79. The Bertz CT molecular complexity index is 317. The van der Waals surface area contributed by atoms with Gasteiger partial charge in [0.15, 0.2) is 0 Å². The second-order valence-electron chi connectivity index (χ2n) is 2.52. The Morgan fingerprint density at radius 1 is 1.58 bits per heavy atom. The van der Waals surface area contributed by atoms with Gasteiger partial charge in [-0.1, -0.05) is 0 Å². The molecule has 0 amide bonds. The second-order valence-corrected chi connectivity index (χ2v) is 3.52. The molecular formula is C9H10NOY. The molecule has 0 atom stereocenters. The third kappa shape index (κ3) is 2.63. The Morgan fingerprint density at radius 3 is 2.92 bits per heavy atom. The van der Waals surface area contributed by atoms with Gasteiger partial charge in [-0.15, -0.1) is 0 Å². The summed E-state index contributed by atoms with van der Waals surface area (Å²) in [5.74, 6) is 0.894. The fourth-order valence-corrected chi connectivity index (χ4v) is 1.16. The SMILES string of the molecule is Cc1cc(N)ccc1OC[C]#[Y]. The summed E-state index contributed by atoms with van der Waals surface area (Å²) >= 11 is 1.00. The summed E-state index contributed by atoms with van der Waals surface area (Å²) in [5.41, 5.74) is 7.44. The van der Waals surface area contributed by atoms with E-state index in [1.165, 1.54) is 0 Å². The minimum atomic E-state index is 0.576. The van der Waals surface area contributed by atoms with E-state index in [0.29, 0.717) is 6.61 Å². The monoisotopic (exact) mass is 237 g/mol. The molecule has 0 radical (unpaired) electrons. The number of nitrogens with two attached hydrogens (primary N) is 1. The molecule has 0 saturated heterocycles. The van der Waals surface area contributed by atoms with Crippen molar-refractivity contribution in [3.05, 3.63) is 23.8 Å². The number of nitrogen functional groups attached to an aromatic ring is 1. The molecule has 0 aromatic heterocycles. The first-order valence-electron chi connectivity index (χ1n) is 3.66. The maximum atomic E-state index is 5.59. The van der Waals surface area contributed by atoms with Gasteiger partial charge in [0.1, 0.15) is 0 Å². The molecule has 3 heteroatoms. The Morgan fingerprint density at radius 2 is 2.33 bits per heavy atom. The van der Waals surface area contributed by atoms with E-state index in [-0.39, 0.29) is 0 Å². The van der Waals surface area contributed by atoms with Gasteiger partial charge in [-0.2, -0.15) is 0 Å². The summed E-state index contributed by atoms with van der Waals surface area (Å²) in [6, 6.07) is 5.64. The van der Waals surface area contributed by atoms with Gasteiger partial charge >= 0.3 is 92.0 Å². The quantitative estimate of drug-likeness (QED) is 0.790. The average Bonchev–Trinajstić information content (AvgIpc) is 2.03. The van der Waals surface area contributed by atoms with E-state index in [2.05, 4.69) is 2.59 Å². The van der Waals surface area contributed by atoms with E-state index >= 15 is 0 Å². The number of hydrogen-bond donors (Lipinski definition) is 1. The first-order chi connectivity index (χ1) is 5.74. The van der Waals surface area contributed by atoms with Gasteiger partial charge in [-0.05, 0) is 0 Å². The van der Waals surface area contributed by atoms with Crippen LogP contribution in [-0.2, 0) is 30.2 Å². The van der Waals surface area contributed by atoms with Gasteiger partial charge in [0, 0.05) is 0 Å². The van der Waals surface area contributed by atoms with Crippen LogP contribution in [0.2, 0.25) is 0 Å². The summed E-state index contributed by atoms with van der Waals surface area (Å²) in [6.07, 6.45) is 0. The van der Waals surface area contributed by atoms with E-state index in [4.69, 9.17) is 10.5 Å². The molecule has 2 N–H and O–H groups in total. The van der Waals surface area contributed by atoms with Crippen molar-refractivity contribution < 1.29 is 35.0 Å². The predicted octanol–water partition coefficient (Wildman–Crippen LogP) is 1.46. The van der Waals surface area contributed by atoms with E-state index in [0.717, 1.165) is 47.2 Å². The molecule has 1 aromatic rings. The molecule has 0 aliphatic heterocycles. The van der Waals surface area contributed by atoms with E-state index in [9.17, 15) is 0 Å². The van der Waals surface area contributed by atoms with Gasteiger partial charge in [-0.3, -0.25) is 0 Å². The summed E-state index contributed by atoms with van der Waals surface area (Å²) in [6.45, 7) is 2.56. The molecule has 0 spiro atoms. The molecule has 0 aliphatic carbocycles. The van der Waals surface area contributed by atoms with Crippen LogP contribution in [0.4, 0.5) is 5.69 Å². The van der Waals surface area contributed by atoms with Crippen molar-refractivity contribution in [1.82, 2.24) is 0 Å². The van der Waals surface area contributed by atoms with E-state index < -0.39 is 0 Å². The number of anilines is 1.